The van der Waals surface area contributed by atoms with Crippen LogP contribution in [0.1, 0.15) is 50.6 Å². The molecule has 1 unspecified atom stereocenters. The highest BCUT2D eigenvalue weighted by atomic mass is 16.5. The fourth-order valence-corrected chi connectivity index (χ4v) is 6.61. The SMILES string of the molecule is CCN(CC)C(=O)[C@H]1CC(CC(=O)NCCc2ccccn2)C(=O)N2CCc3c([nH]c4ccc(OC)cc34)[C@]12C. The summed E-state index contributed by atoms with van der Waals surface area (Å²) in [5.41, 5.74) is 3.06. The Labute approximate surface area is 235 Å². The molecular formula is C31H39N5O4. The van der Waals surface area contributed by atoms with Crippen LogP contribution in [0.15, 0.2) is 42.6 Å². The van der Waals surface area contributed by atoms with Gasteiger partial charge in [0.2, 0.25) is 17.7 Å². The topological polar surface area (TPSA) is 108 Å². The van der Waals surface area contributed by atoms with Gasteiger partial charge < -0.3 is 24.8 Å². The van der Waals surface area contributed by atoms with Crippen LogP contribution >= 0.6 is 0 Å². The number of rotatable bonds is 9. The molecule has 3 amide bonds. The van der Waals surface area contributed by atoms with Gasteiger partial charge in [0.25, 0.3) is 0 Å². The molecular weight excluding hydrogens is 506 g/mol. The second kappa shape index (κ2) is 11.3. The minimum atomic E-state index is -0.845. The zero-order valence-electron chi connectivity index (χ0n) is 23.8. The average Bonchev–Trinajstić information content (AvgIpc) is 3.35. The number of aromatic amines is 1. The molecule has 40 heavy (non-hydrogen) atoms. The van der Waals surface area contributed by atoms with Crippen LogP contribution in [-0.2, 0) is 32.8 Å². The van der Waals surface area contributed by atoms with Gasteiger partial charge in [-0.25, -0.2) is 0 Å². The van der Waals surface area contributed by atoms with Crippen LogP contribution in [0.3, 0.4) is 0 Å². The number of hydrogen-bond donors (Lipinski definition) is 2. The summed E-state index contributed by atoms with van der Waals surface area (Å²) in [4.78, 5) is 52.6. The van der Waals surface area contributed by atoms with Crippen molar-refractivity contribution in [3.05, 3.63) is 59.5 Å². The summed E-state index contributed by atoms with van der Waals surface area (Å²) in [7, 11) is 1.65. The minimum Gasteiger partial charge on any atom is -0.497 e. The van der Waals surface area contributed by atoms with E-state index in [-0.39, 0.29) is 24.1 Å². The summed E-state index contributed by atoms with van der Waals surface area (Å²) in [6.45, 7) is 8.09. The number of ether oxygens (including phenoxy) is 1. The Morgan fingerprint density at radius 2 is 2.02 bits per heavy atom. The molecule has 1 fully saturated rings. The number of piperidine rings is 1. The Kier molecular flexibility index (Phi) is 7.83. The van der Waals surface area contributed by atoms with Crippen molar-refractivity contribution in [2.75, 3.05) is 33.3 Å². The third-order valence-electron chi connectivity index (χ3n) is 8.81. The van der Waals surface area contributed by atoms with Gasteiger partial charge in [-0.3, -0.25) is 19.4 Å². The van der Waals surface area contributed by atoms with Crippen molar-refractivity contribution in [2.45, 2.75) is 52.0 Å². The Bertz CT molecular complexity index is 1400. The van der Waals surface area contributed by atoms with Gasteiger partial charge in [0.15, 0.2) is 0 Å². The normalized spacial score (nSPS) is 22.0. The van der Waals surface area contributed by atoms with E-state index in [4.69, 9.17) is 4.74 Å². The molecule has 9 nitrogen and oxygen atoms in total. The first-order valence-corrected chi connectivity index (χ1v) is 14.3. The maximum absolute atomic E-state index is 14.1. The lowest BCUT2D eigenvalue weighted by molar-refractivity contribution is -0.164. The Morgan fingerprint density at radius 3 is 2.73 bits per heavy atom. The maximum atomic E-state index is 14.1. The zero-order valence-corrected chi connectivity index (χ0v) is 23.8. The second-order valence-electron chi connectivity index (χ2n) is 10.9. The molecule has 0 aliphatic carbocycles. The number of hydrogen-bond acceptors (Lipinski definition) is 5. The molecule has 2 aromatic heterocycles. The summed E-state index contributed by atoms with van der Waals surface area (Å²) in [5.74, 6) is -0.486. The van der Waals surface area contributed by atoms with Gasteiger partial charge in [-0.15, -0.1) is 0 Å². The van der Waals surface area contributed by atoms with E-state index in [0.717, 1.165) is 33.6 Å². The first-order chi connectivity index (χ1) is 19.3. The fourth-order valence-electron chi connectivity index (χ4n) is 6.61. The Hall–Kier alpha value is -3.88. The zero-order chi connectivity index (χ0) is 28.4. The molecule has 3 aromatic rings. The molecule has 0 radical (unpaired) electrons. The van der Waals surface area contributed by atoms with Crippen LogP contribution in [0.4, 0.5) is 0 Å². The van der Waals surface area contributed by atoms with E-state index >= 15 is 0 Å². The average molecular weight is 546 g/mol. The van der Waals surface area contributed by atoms with Crippen LogP contribution in [0, 0.1) is 11.8 Å². The van der Waals surface area contributed by atoms with E-state index in [1.54, 1.807) is 13.3 Å². The van der Waals surface area contributed by atoms with E-state index in [2.05, 4.69) is 15.3 Å². The molecule has 1 aromatic carbocycles. The predicted molar refractivity (Wildman–Crippen MR) is 153 cm³/mol. The number of nitrogens with one attached hydrogen (secondary N) is 2. The molecule has 212 valence electrons. The van der Waals surface area contributed by atoms with Gasteiger partial charge in [-0.05, 0) is 69.5 Å². The monoisotopic (exact) mass is 545 g/mol. The van der Waals surface area contributed by atoms with E-state index in [9.17, 15) is 14.4 Å². The number of pyridine rings is 1. The first kappa shape index (κ1) is 27.7. The van der Waals surface area contributed by atoms with Crippen molar-refractivity contribution in [1.82, 2.24) is 25.1 Å². The highest BCUT2D eigenvalue weighted by Crippen LogP contribution is 2.50. The molecule has 3 atom stereocenters. The lowest BCUT2D eigenvalue weighted by Gasteiger charge is -2.54. The third-order valence-corrected chi connectivity index (χ3v) is 8.81. The highest BCUT2D eigenvalue weighted by Gasteiger charge is 2.57. The molecule has 0 saturated carbocycles. The molecule has 0 bridgehead atoms. The molecule has 0 spiro atoms. The number of amides is 3. The lowest BCUT2D eigenvalue weighted by atomic mass is 9.67. The molecule has 2 N–H and O–H groups in total. The predicted octanol–water partition coefficient (Wildman–Crippen LogP) is 3.42. The first-order valence-electron chi connectivity index (χ1n) is 14.3. The number of benzene rings is 1. The molecule has 5 rings (SSSR count). The lowest BCUT2D eigenvalue weighted by Crippen LogP contribution is -2.64. The second-order valence-corrected chi connectivity index (χ2v) is 10.9. The van der Waals surface area contributed by atoms with Crippen LogP contribution in [0.25, 0.3) is 10.9 Å². The van der Waals surface area contributed by atoms with Crippen LogP contribution in [0.5, 0.6) is 5.75 Å². The van der Waals surface area contributed by atoms with E-state index < -0.39 is 17.4 Å². The number of carbonyl (C=O) groups is 3. The number of fused-ring (bicyclic) bond motifs is 5. The van der Waals surface area contributed by atoms with Gasteiger partial charge in [0.05, 0.1) is 18.6 Å². The van der Waals surface area contributed by atoms with Gasteiger partial charge in [0.1, 0.15) is 5.75 Å². The smallest absolute Gasteiger partial charge is 0.228 e. The van der Waals surface area contributed by atoms with Crippen molar-refractivity contribution < 1.29 is 19.1 Å². The molecule has 1 saturated heterocycles. The van der Waals surface area contributed by atoms with Crippen molar-refractivity contribution in [1.29, 1.82) is 0 Å². The number of H-pyrrole nitrogens is 1. The fraction of sp³-hybridized carbons (Fsp3) is 0.484. The third kappa shape index (κ3) is 4.82. The maximum Gasteiger partial charge on any atom is 0.228 e. The van der Waals surface area contributed by atoms with Crippen LogP contribution < -0.4 is 10.1 Å². The molecule has 2 aliphatic heterocycles. The standard InChI is InChI=1S/C31H39N5O4/c1-5-35(6-2)30(39)25-17-20(18-27(37)33-15-12-21-9-7-8-14-32-21)29(38)36-16-13-23-24-19-22(40-4)10-11-26(24)34-28(23)31(25,36)3/h7-11,14,19-20,25,34H,5-6,12-13,15-18H2,1-4H3,(H,33,37)/t20?,25-,31+/m1/s1. The molecule has 2 aliphatic rings. The minimum absolute atomic E-state index is 0.0228. The van der Waals surface area contributed by atoms with Gasteiger partial charge in [-0.1, -0.05) is 6.07 Å². The number of methoxy groups -OCH3 is 1. The van der Waals surface area contributed by atoms with E-state index in [1.165, 1.54) is 0 Å². The van der Waals surface area contributed by atoms with E-state index in [1.807, 2.05) is 67.0 Å². The highest BCUT2D eigenvalue weighted by molar-refractivity contribution is 5.93. The van der Waals surface area contributed by atoms with Crippen molar-refractivity contribution in [3.8, 4) is 5.75 Å². The largest absolute Gasteiger partial charge is 0.497 e. The Morgan fingerprint density at radius 1 is 1.23 bits per heavy atom. The quantitative estimate of drug-likeness (QED) is 0.429. The summed E-state index contributed by atoms with van der Waals surface area (Å²) in [6.07, 6.45) is 3.40. The summed E-state index contributed by atoms with van der Waals surface area (Å²) >= 11 is 0. The number of nitrogens with zero attached hydrogens (tertiary/aromatic N) is 3. The van der Waals surface area contributed by atoms with E-state index in [0.29, 0.717) is 45.4 Å². The molecule has 4 heterocycles. The van der Waals surface area contributed by atoms with Crippen molar-refractivity contribution in [2.24, 2.45) is 11.8 Å². The summed E-state index contributed by atoms with van der Waals surface area (Å²) < 4.78 is 5.47. The molecule has 9 heteroatoms. The Balaban J connectivity index is 1.44. The number of carbonyl (C=O) groups excluding carboxylic acids is 3. The van der Waals surface area contributed by atoms with Gasteiger partial charge in [-0.2, -0.15) is 0 Å². The van der Waals surface area contributed by atoms with Gasteiger partial charge >= 0.3 is 0 Å². The summed E-state index contributed by atoms with van der Waals surface area (Å²) in [5, 5.41) is 4.01. The van der Waals surface area contributed by atoms with Crippen LogP contribution in [0.2, 0.25) is 0 Å². The van der Waals surface area contributed by atoms with Crippen molar-refractivity contribution in [3.63, 3.8) is 0 Å². The summed E-state index contributed by atoms with van der Waals surface area (Å²) in [6, 6.07) is 11.6. The van der Waals surface area contributed by atoms with Gasteiger partial charge in [0, 0.05) is 73.4 Å². The van der Waals surface area contributed by atoms with Crippen LogP contribution in [-0.4, -0.2) is 70.8 Å². The number of aromatic nitrogens is 2. The van der Waals surface area contributed by atoms with Crippen molar-refractivity contribution >= 4 is 28.6 Å².